The number of thiocarbonyl (C=S) groups is 1. The van der Waals surface area contributed by atoms with Crippen molar-refractivity contribution in [2.45, 2.75) is 32.4 Å². The highest BCUT2D eigenvalue weighted by molar-refractivity contribution is 7.80. The molecule has 2 aliphatic heterocycles. The molecule has 1 aromatic carbocycles. The van der Waals surface area contributed by atoms with Gasteiger partial charge in [0.05, 0.1) is 6.10 Å². The number of fused-ring (bicyclic) bond motifs is 1. The predicted molar refractivity (Wildman–Crippen MR) is 120 cm³/mol. The number of hydrogen-bond donors (Lipinski definition) is 1. The van der Waals surface area contributed by atoms with Gasteiger partial charge in [-0.15, -0.1) is 0 Å². The van der Waals surface area contributed by atoms with E-state index in [4.69, 9.17) is 17.0 Å². The van der Waals surface area contributed by atoms with Crippen LogP contribution in [-0.2, 0) is 20.9 Å². The molecule has 3 heterocycles. The molecule has 0 bridgehead atoms. The van der Waals surface area contributed by atoms with Gasteiger partial charge in [-0.2, -0.15) is 0 Å². The Hall–Kier alpha value is -2.71. The van der Waals surface area contributed by atoms with E-state index < -0.39 is 0 Å². The van der Waals surface area contributed by atoms with Crippen LogP contribution in [0.1, 0.15) is 25.3 Å². The van der Waals surface area contributed by atoms with Gasteiger partial charge < -0.3 is 19.5 Å². The van der Waals surface area contributed by atoms with Gasteiger partial charge in [0, 0.05) is 49.4 Å². The van der Waals surface area contributed by atoms with Gasteiger partial charge in [0.1, 0.15) is 12.2 Å². The van der Waals surface area contributed by atoms with E-state index in [0.29, 0.717) is 23.9 Å². The Morgan fingerprint density at radius 1 is 1.37 bits per heavy atom. The van der Waals surface area contributed by atoms with E-state index in [1.54, 1.807) is 16.8 Å². The van der Waals surface area contributed by atoms with E-state index in [2.05, 4.69) is 5.32 Å². The van der Waals surface area contributed by atoms with Gasteiger partial charge in [-0.05, 0) is 44.1 Å². The molecule has 30 heavy (non-hydrogen) atoms. The monoisotopic (exact) mass is 426 g/mol. The average molecular weight is 427 g/mol. The highest BCUT2D eigenvalue weighted by Crippen LogP contribution is 2.27. The second-order valence-corrected chi connectivity index (χ2v) is 7.95. The summed E-state index contributed by atoms with van der Waals surface area (Å²) < 4.78 is 7.49. The number of carbonyl (C=O) groups excluding carboxylic acids is 2. The first-order valence-corrected chi connectivity index (χ1v) is 10.7. The number of hydrogen-bond acceptors (Lipinski definition) is 4. The molecule has 2 amide bonds. The maximum absolute atomic E-state index is 12.7. The summed E-state index contributed by atoms with van der Waals surface area (Å²) in [4.78, 5) is 28.6. The number of aromatic nitrogens is 1. The number of likely N-dealkylation sites (N-methyl/N-ethyl adjacent to an activating group) is 2. The van der Waals surface area contributed by atoms with Crippen molar-refractivity contribution in [3.8, 4) is 0 Å². The first kappa shape index (κ1) is 20.6. The molecule has 1 atom stereocenters. The minimum atomic E-state index is -0.101. The van der Waals surface area contributed by atoms with Crippen LogP contribution in [0.5, 0.6) is 0 Å². The molecular formula is C22H26N4O3S. The molecule has 1 aromatic heterocycles. The molecule has 1 N–H and O–H groups in total. The minimum absolute atomic E-state index is 0.0575. The second kappa shape index (κ2) is 8.57. The number of benzene rings is 1. The SMILES string of the molecule is CCN1C(=O)/C(=C/c2cn(CC(=O)NC[C@H]3CCCO3)c3ccccc23)N(C)C1=S. The number of ether oxygens (including phenoxy) is 1. The lowest BCUT2D eigenvalue weighted by Crippen LogP contribution is -2.34. The van der Waals surface area contributed by atoms with Gasteiger partial charge in [-0.25, -0.2) is 0 Å². The molecule has 0 unspecified atom stereocenters. The van der Waals surface area contributed by atoms with E-state index in [1.807, 2.05) is 48.0 Å². The Bertz CT molecular complexity index is 1020. The standard InChI is InChI=1S/C22H26N4O3S/c1-3-26-21(28)19(24(2)22(26)30)11-15-13-25(18-9-5-4-8-17(15)18)14-20(27)23-12-16-7-6-10-29-16/h4-5,8-9,11,13,16H,3,6-7,10,12,14H2,1-2H3,(H,23,27)/b19-11-/t16-/m1/s1. The summed E-state index contributed by atoms with van der Waals surface area (Å²) in [5.41, 5.74) is 2.36. The van der Waals surface area contributed by atoms with Gasteiger partial charge in [0.25, 0.3) is 5.91 Å². The lowest BCUT2D eigenvalue weighted by molar-refractivity contribution is -0.123. The summed E-state index contributed by atoms with van der Waals surface area (Å²) in [5, 5.41) is 4.46. The number of nitrogens with zero attached hydrogens (tertiary/aromatic N) is 3. The van der Waals surface area contributed by atoms with Gasteiger partial charge in [-0.1, -0.05) is 18.2 Å². The van der Waals surface area contributed by atoms with E-state index in [-0.39, 0.29) is 24.5 Å². The van der Waals surface area contributed by atoms with Crippen LogP contribution in [0, 0.1) is 0 Å². The van der Waals surface area contributed by atoms with Gasteiger partial charge in [0.15, 0.2) is 5.11 Å². The normalized spacial score (nSPS) is 20.7. The average Bonchev–Trinajstić information content (AvgIpc) is 3.43. The quantitative estimate of drug-likeness (QED) is 0.567. The van der Waals surface area contributed by atoms with Crippen LogP contribution in [0.2, 0.25) is 0 Å². The summed E-state index contributed by atoms with van der Waals surface area (Å²) >= 11 is 5.39. The zero-order valence-electron chi connectivity index (χ0n) is 17.3. The van der Waals surface area contributed by atoms with Crippen LogP contribution in [0.4, 0.5) is 0 Å². The molecule has 2 saturated heterocycles. The lowest BCUT2D eigenvalue weighted by atomic mass is 10.1. The molecule has 2 aromatic rings. The molecule has 4 rings (SSSR count). The zero-order valence-corrected chi connectivity index (χ0v) is 18.1. The van der Waals surface area contributed by atoms with E-state index >= 15 is 0 Å². The van der Waals surface area contributed by atoms with Crippen molar-refractivity contribution in [3.05, 3.63) is 41.7 Å². The van der Waals surface area contributed by atoms with E-state index in [1.165, 1.54) is 0 Å². The molecule has 2 aliphatic rings. The van der Waals surface area contributed by atoms with Crippen LogP contribution in [0.3, 0.4) is 0 Å². The fourth-order valence-corrected chi connectivity index (χ4v) is 4.31. The molecule has 8 heteroatoms. The number of para-hydroxylation sites is 1. The Morgan fingerprint density at radius 2 is 2.17 bits per heavy atom. The molecule has 0 spiro atoms. The third-order valence-corrected chi connectivity index (χ3v) is 6.13. The number of amides is 2. The van der Waals surface area contributed by atoms with Crippen molar-refractivity contribution in [1.82, 2.24) is 19.7 Å². The summed E-state index contributed by atoms with van der Waals surface area (Å²) in [6, 6.07) is 7.88. The van der Waals surface area contributed by atoms with E-state index in [9.17, 15) is 9.59 Å². The fourth-order valence-electron chi connectivity index (χ4n) is 4.00. The van der Waals surface area contributed by atoms with Gasteiger partial charge in [-0.3, -0.25) is 14.5 Å². The first-order valence-electron chi connectivity index (χ1n) is 10.3. The highest BCUT2D eigenvalue weighted by Gasteiger charge is 2.34. The van der Waals surface area contributed by atoms with Crippen molar-refractivity contribution in [3.63, 3.8) is 0 Å². The fraction of sp³-hybridized carbons (Fsp3) is 0.409. The van der Waals surface area contributed by atoms with Crippen molar-refractivity contribution in [2.75, 3.05) is 26.7 Å². The first-order chi connectivity index (χ1) is 14.5. The molecule has 0 radical (unpaired) electrons. The van der Waals surface area contributed by atoms with Crippen LogP contribution in [-0.4, -0.2) is 64.1 Å². The Labute approximate surface area is 181 Å². The van der Waals surface area contributed by atoms with Gasteiger partial charge >= 0.3 is 0 Å². The van der Waals surface area contributed by atoms with Crippen molar-refractivity contribution in [2.24, 2.45) is 0 Å². The smallest absolute Gasteiger partial charge is 0.276 e. The predicted octanol–water partition coefficient (Wildman–Crippen LogP) is 2.36. The largest absolute Gasteiger partial charge is 0.376 e. The third kappa shape index (κ3) is 3.85. The van der Waals surface area contributed by atoms with Gasteiger partial charge in [0.2, 0.25) is 5.91 Å². The summed E-state index contributed by atoms with van der Waals surface area (Å²) in [7, 11) is 1.81. The minimum Gasteiger partial charge on any atom is -0.376 e. The maximum atomic E-state index is 12.7. The third-order valence-electron chi connectivity index (χ3n) is 5.64. The van der Waals surface area contributed by atoms with Crippen LogP contribution < -0.4 is 5.32 Å². The van der Waals surface area contributed by atoms with Crippen LogP contribution in [0.15, 0.2) is 36.2 Å². The highest BCUT2D eigenvalue weighted by atomic mass is 32.1. The number of carbonyl (C=O) groups is 2. The molecule has 0 saturated carbocycles. The van der Waals surface area contributed by atoms with Crippen LogP contribution in [0.25, 0.3) is 17.0 Å². The van der Waals surface area contributed by atoms with Crippen molar-refractivity contribution < 1.29 is 14.3 Å². The number of rotatable bonds is 6. The van der Waals surface area contributed by atoms with Crippen molar-refractivity contribution in [1.29, 1.82) is 0 Å². The Balaban J connectivity index is 1.59. The zero-order chi connectivity index (χ0) is 21.3. The maximum Gasteiger partial charge on any atom is 0.276 e. The lowest BCUT2D eigenvalue weighted by Gasteiger charge is -2.13. The van der Waals surface area contributed by atoms with E-state index in [0.717, 1.165) is 35.9 Å². The summed E-state index contributed by atoms with van der Waals surface area (Å²) in [5.74, 6) is -0.158. The Kier molecular flexibility index (Phi) is 5.87. The molecule has 0 aliphatic carbocycles. The Morgan fingerprint density at radius 3 is 2.87 bits per heavy atom. The number of nitrogens with one attached hydrogen (secondary N) is 1. The summed E-state index contributed by atoms with van der Waals surface area (Å²) in [6.07, 6.45) is 5.93. The molecular weight excluding hydrogens is 400 g/mol. The van der Waals surface area contributed by atoms with Crippen molar-refractivity contribution >= 4 is 46.1 Å². The molecule has 2 fully saturated rings. The summed E-state index contributed by atoms with van der Waals surface area (Å²) in [6.45, 7) is 3.96. The molecule has 158 valence electrons. The topological polar surface area (TPSA) is 66.8 Å². The second-order valence-electron chi connectivity index (χ2n) is 7.59. The molecule has 7 nitrogen and oxygen atoms in total. The van der Waals surface area contributed by atoms with Crippen LogP contribution >= 0.6 is 12.2 Å².